The molecule has 2 heteroatoms. The smallest absolute Gasteiger partial charge is 0.0385 e. The van der Waals surface area contributed by atoms with Gasteiger partial charge in [0, 0.05) is 17.1 Å². The molecule has 0 fully saturated rings. The number of allylic oxidation sites excluding steroid dienone is 3. The van der Waals surface area contributed by atoms with Crippen molar-refractivity contribution in [3.05, 3.63) is 48.2 Å². The Morgan fingerprint density at radius 1 is 1.07 bits per heavy atom. The third kappa shape index (κ3) is 2.16. The molecule has 2 nitrogen and oxygen atoms in total. The highest BCUT2D eigenvalue weighted by atomic mass is 14.9. The largest absolute Gasteiger partial charge is 0.399 e. The Morgan fingerprint density at radius 2 is 1.86 bits per heavy atom. The van der Waals surface area contributed by atoms with Crippen molar-refractivity contribution >= 4 is 11.4 Å². The summed E-state index contributed by atoms with van der Waals surface area (Å²) in [7, 11) is 0. The lowest BCUT2D eigenvalue weighted by Crippen LogP contribution is -1.99. The fourth-order valence-electron chi connectivity index (χ4n) is 1.44. The molecule has 0 aliphatic heterocycles. The Bertz CT molecular complexity index is 360. The molecule has 0 radical (unpaired) electrons. The van der Waals surface area contributed by atoms with Gasteiger partial charge in [-0.1, -0.05) is 12.2 Å². The molecule has 14 heavy (non-hydrogen) atoms. The number of anilines is 2. The minimum atomic E-state index is 0.795. The van der Waals surface area contributed by atoms with Gasteiger partial charge in [0.05, 0.1) is 0 Å². The molecule has 0 bridgehead atoms. The van der Waals surface area contributed by atoms with E-state index in [0.717, 1.165) is 24.2 Å². The van der Waals surface area contributed by atoms with E-state index >= 15 is 0 Å². The molecular formula is C12H14N2. The van der Waals surface area contributed by atoms with Crippen LogP contribution in [0.15, 0.2) is 48.2 Å². The summed E-state index contributed by atoms with van der Waals surface area (Å²) in [4.78, 5) is 0. The van der Waals surface area contributed by atoms with Gasteiger partial charge in [0.15, 0.2) is 0 Å². The molecule has 1 aromatic rings. The van der Waals surface area contributed by atoms with Crippen LogP contribution in [0.3, 0.4) is 0 Å². The molecule has 1 aromatic carbocycles. The molecule has 0 saturated heterocycles. The minimum Gasteiger partial charge on any atom is -0.399 e. The summed E-state index contributed by atoms with van der Waals surface area (Å²) >= 11 is 0. The monoisotopic (exact) mass is 186 g/mol. The van der Waals surface area contributed by atoms with Crippen LogP contribution in [-0.4, -0.2) is 0 Å². The zero-order valence-electron chi connectivity index (χ0n) is 8.03. The summed E-state index contributed by atoms with van der Waals surface area (Å²) in [5.74, 6) is 0. The third-order valence-corrected chi connectivity index (χ3v) is 2.19. The topological polar surface area (TPSA) is 38.0 Å². The first-order valence-corrected chi connectivity index (χ1v) is 4.84. The van der Waals surface area contributed by atoms with Crippen LogP contribution in [0.2, 0.25) is 0 Å². The Labute approximate surface area is 84.1 Å². The van der Waals surface area contributed by atoms with Crippen LogP contribution in [0.1, 0.15) is 12.8 Å². The number of rotatable bonds is 2. The van der Waals surface area contributed by atoms with Crippen molar-refractivity contribution in [2.45, 2.75) is 12.8 Å². The van der Waals surface area contributed by atoms with E-state index < -0.39 is 0 Å². The van der Waals surface area contributed by atoms with Crippen LogP contribution >= 0.6 is 0 Å². The lowest BCUT2D eigenvalue weighted by Gasteiger charge is -2.10. The van der Waals surface area contributed by atoms with Gasteiger partial charge >= 0.3 is 0 Å². The van der Waals surface area contributed by atoms with Gasteiger partial charge in [-0.25, -0.2) is 0 Å². The molecule has 2 rings (SSSR count). The molecule has 1 aliphatic rings. The highest BCUT2D eigenvalue weighted by molar-refractivity contribution is 5.55. The summed E-state index contributed by atoms with van der Waals surface area (Å²) in [5, 5.41) is 3.33. The lowest BCUT2D eigenvalue weighted by atomic mass is 10.1. The first kappa shape index (κ1) is 8.88. The second kappa shape index (κ2) is 4.01. The maximum Gasteiger partial charge on any atom is 0.0385 e. The van der Waals surface area contributed by atoms with E-state index in [1.54, 1.807) is 0 Å². The number of benzene rings is 1. The van der Waals surface area contributed by atoms with Crippen LogP contribution in [0.4, 0.5) is 11.4 Å². The summed E-state index contributed by atoms with van der Waals surface area (Å²) < 4.78 is 0. The van der Waals surface area contributed by atoms with Gasteiger partial charge in [-0.2, -0.15) is 0 Å². The van der Waals surface area contributed by atoms with Crippen LogP contribution in [0.5, 0.6) is 0 Å². The third-order valence-electron chi connectivity index (χ3n) is 2.19. The van der Waals surface area contributed by atoms with Gasteiger partial charge in [-0.05, 0) is 43.2 Å². The molecule has 3 N–H and O–H groups in total. The van der Waals surface area contributed by atoms with Crippen LogP contribution in [0.25, 0.3) is 0 Å². The second-order valence-electron chi connectivity index (χ2n) is 3.39. The number of hydrogen-bond acceptors (Lipinski definition) is 2. The van der Waals surface area contributed by atoms with Crippen molar-refractivity contribution in [3.63, 3.8) is 0 Å². The van der Waals surface area contributed by atoms with E-state index in [-0.39, 0.29) is 0 Å². The van der Waals surface area contributed by atoms with Crippen molar-refractivity contribution in [1.82, 2.24) is 0 Å². The quantitative estimate of drug-likeness (QED) is 0.697. The number of hydrogen-bond donors (Lipinski definition) is 2. The van der Waals surface area contributed by atoms with Crippen molar-refractivity contribution < 1.29 is 0 Å². The molecule has 0 spiro atoms. The van der Waals surface area contributed by atoms with Gasteiger partial charge in [0.25, 0.3) is 0 Å². The maximum absolute atomic E-state index is 5.60. The highest BCUT2D eigenvalue weighted by Gasteiger charge is 1.97. The Hall–Kier alpha value is -1.70. The summed E-state index contributed by atoms with van der Waals surface area (Å²) in [6.07, 6.45) is 8.76. The van der Waals surface area contributed by atoms with Gasteiger partial charge in [-0.3, -0.25) is 0 Å². The number of nitrogens with one attached hydrogen (secondary N) is 1. The van der Waals surface area contributed by atoms with E-state index in [4.69, 9.17) is 5.73 Å². The standard InChI is InChI=1S/C12H14N2/c13-10-6-8-12(9-7-10)14-11-4-2-1-3-5-11/h2,4-9,14H,1,3,13H2. The van der Waals surface area contributed by atoms with E-state index in [1.165, 1.54) is 5.70 Å². The predicted octanol–water partition coefficient (Wildman–Crippen LogP) is 2.91. The zero-order chi connectivity index (χ0) is 9.80. The van der Waals surface area contributed by atoms with Gasteiger partial charge < -0.3 is 11.1 Å². The van der Waals surface area contributed by atoms with Gasteiger partial charge in [0.2, 0.25) is 0 Å². The number of nitrogens with two attached hydrogens (primary N) is 1. The predicted molar refractivity (Wildman–Crippen MR) is 60.9 cm³/mol. The van der Waals surface area contributed by atoms with Crippen molar-refractivity contribution in [2.75, 3.05) is 11.1 Å². The Kier molecular flexibility index (Phi) is 2.54. The molecule has 0 aromatic heterocycles. The molecule has 0 heterocycles. The van der Waals surface area contributed by atoms with E-state index in [1.807, 2.05) is 24.3 Å². The number of nitrogen functional groups attached to an aromatic ring is 1. The summed E-state index contributed by atoms with van der Waals surface area (Å²) in [6, 6.07) is 7.77. The fraction of sp³-hybridized carbons (Fsp3) is 0.167. The second-order valence-corrected chi connectivity index (χ2v) is 3.39. The van der Waals surface area contributed by atoms with Crippen LogP contribution in [-0.2, 0) is 0 Å². The van der Waals surface area contributed by atoms with Crippen LogP contribution < -0.4 is 11.1 Å². The Balaban J connectivity index is 2.07. The molecule has 72 valence electrons. The van der Waals surface area contributed by atoms with Gasteiger partial charge in [0.1, 0.15) is 0 Å². The molecule has 0 unspecified atom stereocenters. The van der Waals surface area contributed by atoms with Gasteiger partial charge in [-0.15, -0.1) is 0 Å². The highest BCUT2D eigenvalue weighted by Crippen LogP contribution is 2.16. The average molecular weight is 186 g/mol. The van der Waals surface area contributed by atoms with Crippen molar-refractivity contribution in [3.8, 4) is 0 Å². The van der Waals surface area contributed by atoms with Crippen LogP contribution in [0, 0.1) is 0 Å². The minimum absolute atomic E-state index is 0.795. The zero-order valence-corrected chi connectivity index (χ0v) is 8.03. The summed E-state index contributed by atoms with van der Waals surface area (Å²) in [5.41, 5.74) is 8.65. The first-order valence-electron chi connectivity index (χ1n) is 4.84. The average Bonchev–Trinajstić information content (AvgIpc) is 2.23. The summed E-state index contributed by atoms with van der Waals surface area (Å²) in [6.45, 7) is 0. The fourth-order valence-corrected chi connectivity index (χ4v) is 1.44. The van der Waals surface area contributed by atoms with Crippen molar-refractivity contribution in [1.29, 1.82) is 0 Å². The normalized spacial score (nSPS) is 15.0. The molecule has 0 saturated carbocycles. The van der Waals surface area contributed by atoms with E-state index in [2.05, 4.69) is 23.5 Å². The molecule has 0 atom stereocenters. The first-order chi connectivity index (χ1) is 6.84. The van der Waals surface area contributed by atoms with E-state index in [9.17, 15) is 0 Å². The SMILES string of the molecule is Nc1ccc(NC2=CCCC=C2)cc1. The van der Waals surface area contributed by atoms with Crippen molar-refractivity contribution in [2.24, 2.45) is 0 Å². The van der Waals surface area contributed by atoms with E-state index in [0.29, 0.717) is 0 Å². The lowest BCUT2D eigenvalue weighted by molar-refractivity contribution is 1.02. The molecule has 1 aliphatic carbocycles. The molecular weight excluding hydrogens is 172 g/mol. The molecule has 0 amide bonds. The Morgan fingerprint density at radius 3 is 2.50 bits per heavy atom. The maximum atomic E-state index is 5.60.